The number of piperidine rings is 1. The molecule has 0 spiro atoms. The third-order valence-corrected chi connectivity index (χ3v) is 5.71. The third kappa shape index (κ3) is 5.20. The van der Waals surface area contributed by atoms with Gasteiger partial charge in [0, 0.05) is 28.9 Å². The first-order valence-electron chi connectivity index (χ1n) is 10.4. The summed E-state index contributed by atoms with van der Waals surface area (Å²) in [6.07, 6.45) is 1.75. The van der Waals surface area contributed by atoms with Crippen molar-refractivity contribution < 1.29 is 18.8 Å². The van der Waals surface area contributed by atoms with E-state index in [0.29, 0.717) is 47.0 Å². The topological polar surface area (TPSA) is 89.7 Å². The largest absolute Gasteiger partial charge is 0.493 e. The fourth-order valence-corrected chi connectivity index (χ4v) is 3.92. The summed E-state index contributed by atoms with van der Waals surface area (Å²) in [5.74, 6) is 2.09. The van der Waals surface area contributed by atoms with Crippen molar-refractivity contribution in [3.63, 3.8) is 0 Å². The minimum absolute atomic E-state index is 0.0192. The van der Waals surface area contributed by atoms with Gasteiger partial charge in [0.15, 0.2) is 11.5 Å². The van der Waals surface area contributed by atoms with Crippen LogP contribution in [0.4, 0.5) is 5.69 Å². The Labute approximate surface area is 191 Å². The Morgan fingerprint density at radius 2 is 1.97 bits per heavy atom. The van der Waals surface area contributed by atoms with Crippen LogP contribution in [0.15, 0.2) is 47.0 Å². The van der Waals surface area contributed by atoms with Crippen molar-refractivity contribution in [1.29, 1.82) is 0 Å². The number of rotatable bonds is 7. The minimum Gasteiger partial charge on any atom is -0.493 e. The Balaban J connectivity index is 1.36. The summed E-state index contributed by atoms with van der Waals surface area (Å²) in [7, 11) is 3.15. The van der Waals surface area contributed by atoms with Crippen LogP contribution in [-0.4, -0.2) is 48.3 Å². The van der Waals surface area contributed by atoms with Gasteiger partial charge in [-0.15, -0.1) is 0 Å². The van der Waals surface area contributed by atoms with Gasteiger partial charge in [0.05, 0.1) is 26.7 Å². The summed E-state index contributed by atoms with van der Waals surface area (Å²) in [5.41, 5.74) is 1.52. The second-order valence-electron chi connectivity index (χ2n) is 7.65. The van der Waals surface area contributed by atoms with Gasteiger partial charge in [-0.2, -0.15) is 4.98 Å². The van der Waals surface area contributed by atoms with E-state index in [4.69, 9.17) is 25.6 Å². The zero-order valence-corrected chi connectivity index (χ0v) is 18.8. The molecular formula is C23H25ClN4O4. The highest BCUT2D eigenvalue weighted by Gasteiger charge is 2.27. The quantitative estimate of drug-likeness (QED) is 0.568. The summed E-state index contributed by atoms with van der Waals surface area (Å²) in [4.78, 5) is 19.5. The maximum absolute atomic E-state index is 12.9. The fourth-order valence-electron chi connectivity index (χ4n) is 3.80. The lowest BCUT2D eigenvalue weighted by Crippen LogP contribution is -2.40. The second-order valence-corrected chi connectivity index (χ2v) is 8.09. The van der Waals surface area contributed by atoms with E-state index < -0.39 is 0 Å². The van der Waals surface area contributed by atoms with Gasteiger partial charge in [-0.05, 0) is 55.8 Å². The highest BCUT2D eigenvalue weighted by atomic mass is 35.5. The number of amides is 1. The Bertz CT molecular complexity index is 1070. The molecule has 1 saturated heterocycles. The average Bonchev–Trinajstić information content (AvgIpc) is 3.28. The van der Waals surface area contributed by atoms with Crippen molar-refractivity contribution >= 4 is 23.2 Å². The number of carbonyl (C=O) groups excluding carboxylic acids is 1. The predicted octanol–water partition coefficient (Wildman–Crippen LogP) is 4.26. The van der Waals surface area contributed by atoms with Crippen LogP contribution in [0.2, 0.25) is 5.02 Å². The summed E-state index contributed by atoms with van der Waals surface area (Å²) < 4.78 is 16.0. The van der Waals surface area contributed by atoms with Crippen LogP contribution in [0.25, 0.3) is 11.4 Å². The molecule has 4 rings (SSSR count). The zero-order valence-electron chi connectivity index (χ0n) is 18.0. The van der Waals surface area contributed by atoms with Crippen molar-refractivity contribution in [3.05, 3.63) is 53.4 Å². The molecule has 1 unspecified atom stereocenters. The van der Waals surface area contributed by atoms with E-state index in [-0.39, 0.29) is 11.8 Å². The minimum atomic E-state index is -0.129. The van der Waals surface area contributed by atoms with E-state index in [1.807, 2.05) is 12.1 Å². The number of nitrogens with one attached hydrogen (secondary N) is 1. The first-order chi connectivity index (χ1) is 15.6. The van der Waals surface area contributed by atoms with Crippen LogP contribution >= 0.6 is 11.6 Å². The lowest BCUT2D eigenvalue weighted by molar-refractivity contribution is -0.121. The molecule has 2 aromatic carbocycles. The first-order valence-corrected chi connectivity index (χ1v) is 10.8. The maximum atomic E-state index is 12.9. The lowest BCUT2D eigenvalue weighted by Gasteiger charge is -2.30. The van der Waals surface area contributed by atoms with E-state index in [1.165, 1.54) is 0 Å². The highest BCUT2D eigenvalue weighted by Crippen LogP contribution is 2.30. The van der Waals surface area contributed by atoms with Gasteiger partial charge < -0.3 is 19.3 Å². The van der Waals surface area contributed by atoms with E-state index in [0.717, 1.165) is 24.9 Å². The van der Waals surface area contributed by atoms with Crippen LogP contribution in [0.5, 0.6) is 11.5 Å². The van der Waals surface area contributed by atoms with Crippen molar-refractivity contribution in [2.75, 3.05) is 32.6 Å². The Morgan fingerprint density at radius 3 is 2.72 bits per heavy atom. The van der Waals surface area contributed by atoms with Crippen LogP contribution < -0.4 is 14.8 Å². The Morgan fingerprint density at radius 1 is 1.19 bits per heavy atom. The number of nitrogens with zero attached hydrogens (tertiary/aromatic N) is 3. The Kier molecular flexibility index (Phi) is 6.92. The zero-order chi connectivity index (χ0) is 22.5. The molecule has 32 heavy (non-hydrogen) atoms. The van der Waals surface area contributed by atoms with E-state index in [1.54, 1.807) is 44.6 Å². The molecule has 1 aromatic heterocycles. The van der Waals surface area contributed by atoms with Crippen LogP contribution in [0, 0.1) is 5.92 Å². The molecule has 0 bridgehead atoms. The normalized spacial score (nSPS) is 16.5. The number of hydrogen-bond donors (Lipinski definition) is 1. The predicted molar refractivity (Wildman–Crippen MR) is 121 cm³/mol. The number of methoxy groups -OCH3 is 2. The third-order valence-electron chi connectivity index (χ3n) is 5.46. The molecule has 1 aliphatic rings. The van der Waals surface area contributed by atoms with Gasteiger partial charge in [0.1, 0.15) is 0 Å². The molecule has 1 N–H and O–H groups in total. The van der Waals surface area contributed by atoms with Crippen molar-refractivity contribution in [3.8, 4) is 22.9 Å². The molecule has 9 heteroatoms. The van der Waals surface area contributed by atoms with Crippen molar-refractivity contribution in [2.45, 2.75) is 19.4 Å². The van der Waals surface area contributed by atoms with E-state index >= 15 is 0 Å². The summed E-state index contributed by atoms with van der Waals surface area (Å²) in [6, 6.07) is 12.6. The molecule has 1 fully saturated rings. The van der Waals surface area contributed by atoms with Gasteiger partial charge >= 0.3 is 0 Å². The SMILES string of the molecule is COc1ccc(NC(=O)C2CCCN(Cc3nc(-c4ccc(Cl)cc4)no3)C2)cc1OC. The number of likely N-dealkylation sites (tertiary alicyclic amines) is 1. The van der Waals surface area contributed by atoms with Crippen LogP contribution in [-0.2, 0) is 11.3 Å². The van der Waals surface area contributed by atoms with Gasteiger partial charge in [0.2, 0.25) is 17.6 Å². The molecule has 1 atom stereocenters. The number of aromatic nitrogens is 2. The molecule has 168 valence electrons. The van der Waals surface area contributed by atoms with E-state index in [2.05, 4.69) is 20.4 Å². The summed E-state index contributed by atoms with van der Waals surface area (Å²) >= 11 is 5.94. The first kappa shape index (κ1) is 22.1. The standard InChI is InChI=1S/C23H25ClN4O4/c1-30-19-10-9-18(12-20(19)31-2)25-23(29)16-4-3-11-28(13-16)14-21-26-22(27-32-21)15-5-7-17(24)8-6-15/h5-10,12,16H,3-4,11,13-14H2,1-2H3,(H,25,29). The fraction of sp³-hybridized carbons (Fsp3) is 0.348. The van der Waals surface area contributed by atoms with Crippen molar-refractivity contribution in [2.24, 2.45) is 5.92 Å². The van der Waals surface area contributed by atoms with Crippen molar-refractivity contribution in [1.82, 2.24) is 15.0 Å². The number of hydrogen-bond acceptors (Lipinski definition) is 7. The summed E-state index contributed by atoms with van der Waals surface area (Å²) in [5, 5.41) is 7.71. The van der Waals surface area contributed by atoms with Crippen LogP contribution in [0.1, 0.15) is 18.7 Å². The average molecular weight is 457 g/mol. The molecule has 0 radical (unpaired) electrons. The number of ether oxygens (including phenoxy) is 2. The molecule has 2 heterocycles. The molecule has 1 aliphatic heterocycles. The Hall–Kier alpha value is -3.10. The number of anilines is 1. The molecule has 3 aromatic rings. The van der Waals surface area contributed by atoms with E-state index in [9.17, 15) is 4.79 Å². The number of carbonyl (C=O) groups is 1. The maximum Gasteiger partial charge on any atom is 0.241 e. The van der Waals surface area contributed by atoms with Gasteiger partial charge in [-0.1, -0.05) is 16.8 Å². The molecule has 0 aliphatic carbocycles. The smallest absolute Gasteiger partial charge is 0.241 e. The highest BCUT2D eigenvalue weighted by molar-refractivity contribution is 6.30. The lowest BCUT2D eigenvalue weighted by atomic mass is 9.97. The molecule has 1 amide bonds. The summed E-state index contributed by atoms with van der Waals surface area (Å²) in [6.45, 7) is 2.00. The van der Waals surface area contributed by atoms with Crippen LogP contribution in [0.3, 0.4) is 0 Å². The number of benzene rings is 2. The van der Waals surface area contributed by atoms with Gasteiger partial charge in [-0.3, -0.25) is 9.69 Å². The monoisotopic (exact) mass is 456 g/mol. The molecule has 0 saturated carbocycles. The number of halogens is 1. The van der Waals surface area contributed by atoms with Gasteiger partial charge in [0.25, 0.3) is 0 Å². The molecular weight excluding hydrogens is 432 g/mol. The van der Waals surface area contributed by atoms with Gasteiger partial charge in [-0.25, -0.2) is 0 Å². The molecule has 8 nitrogen and oxygen atoms in total. The second kappa shape index (κ2) is 10.0.